The van der Waals surface area contributed by atoms with Crippen LogP contribution in [0.25, 0.3) is 10.9 Å². The number of carbonyl (C=O) groups excluding carboxylic acids is 2. The van der Waals surface area contributed by atoms with Crippen molar-refractivity contribution in [2.24, 2.45) is 0 Å². The Morgan fingerprint density at radius 2 is 1.52 bits per heavy atom. The lowest BCUT2D eigenvalue weighted by Crippen LogP contribution is -2.17. The second kappa shape index (κ2) is 5.67. The van der Waals surface area contributed by atoms with Gasteiger partial charge in [0.1, 0.15) is 5.69 Å². The summed E-state index contributed by atoms with van der Waals surface area (Å²) in [5.74, 6) is -0.978. The Hall–Kier alpha value is -2.81. The number of Topliss-reactive ketones (excluding diaryl/α,β-unsaturated/α-hetero) is 2. The summed E-state index contributed by atoms with van der Waals surface area (Å²) in [6.07, 6.45) is 0.105. The molecule has 0 saturated carbocycles. The molecule has 102 valence electrons. The summed E-state index contributed by atoms with van der Waals surface area (Å²) >= 11 is 0. The molecule has 3 heteroatoms. The molecule has 0 unspecified atom stereocenters. The Kier molecular flexibility index (Phi) is 3.56. The van der Waals surface area contributed by atoms with Gasteiger partial charge in [-0.3, -0.25) is 9.59 Å². The van der Waals surface area contributed by atoms with E-state index in [1.54, 1.807) is 6.07 Å². The number of hydrogen-bond donors (Lipinski definition) is 0. The lowest BCUT2D eigenvalue weighted by atomic mass is 10.0. The molecule has 1 heterocycles. The van der Waals surface area contributed by atoms with Gasteiger partial charge in [-0.15, -0.1) is 0 Å². The van der Waals surface area contributed by atoms with E-state index in [2.05, 4.69) is 4.98 Å². The third kappa shape index (κ3) is 2.87. The monoisotopic (exact) mass is 275 g/mol. The van der Waals surface area contributed by atoms with Crippen LogP contribution in [-0.4, -0.2) is 16.6 Å². The topological polar surface area (TPSA) is 47.0 Å². The number of para-hydroxylation sites is 1. The number of nitrogens with zero attached hydrogens (tertiary/aromatic N) is 1. The van der Waals surface area contributed by atoms with Crippen LogP contribution in [0, 0.1) is 0 Å². The van der Waals surface area contributed by atoms with E-state index in [0.717, 1.165) is 16.5 Å². The molecule has 3 nitrogen and oxygen atoms in total. The molecule has 0 radical (unpaired) electrons. The molecule has 1 aromatic heterocycles. The first-order valence-corrected chi connectivity index (χ1v) is 6.71. The van der Waals surface area contributed by atoms with Gasteiger partial charge >= 0.3 is 0 Å². The number of carbonyl (C=O) groups is 2. The number of pyridine rings is 1. The standard InChI is InChI=1S/C18H13NO2/c20-17(12-13-6-2-1-3-7-13)18(21)16-11-10-14-8-4-5-9-15(14)19-16/h1-11H,12H2. The van der Waals surface area contributed by atoms with Crippen LogP contribution in [0.5, 0.6) is 0 Å². The molecule has 0 aliphatic heterocycles. The quantitative estimate of drug-likeness (QED) is 0.542. The van der Waals surface area contributed by atoms with E-state index in [1.165, 1.54) is 0 Å². The Morgan fingerprint density at radius 1 is 0.810 bits per heavy atom. The first-order valence-electron chi connectivity index (χ1n) is 6.71. The van der Waals surface area contributed by atoms with E-state index < -0.39 is 11.6 Å². The molecule has 2 aromatic carbocycles. The van der Waals surface area contributed by atoms with E-state index in [0.29, 0.717) is 0 Å². The third-order valence-electron chi connectivity index (χ3n) is 3.29. The fourth-order valence-corrected chi connectivity index (χ4v) is 2.20. The Labute approximate surface area is 122 Å². The van der Waals surface area contributed by atoms with Crippen LogP contribution in [0.1, 0.15) is 16.1 Å². The highest BCUT2D eigenvalue weighted by Gasteiger charge is 2.18. The molecule has 3 rings (SSSR count). The largest absolute Gasteiger partial charge is 0.290 e. The minimum absolute atomic E-state index is 0.105. The molecule has 0 aliphatic rings. The molecular weight excluding hydrogens is 262 g/mol. The summed E-state index contributed by atoms with van der Waals surface area (Å²) in [6.45, 7) is 0. The summed E-state index contributed by atoms with van der Waals surface area (Å²) in [5.41, 5.74) is 1.75. The van der Waals surface area contributed by atoms with E-state index in [-0.39, 0.29) is 12.1 Å². The fourth-order valence-electron chi connectivity index (χ4n) is 2.20. The van der Waals surface area contributed by atoms with Crippen molar-refractivity contribution in [1.29, 1.82) is 0 Å². The normalized spacial score (nSPS) is 10.5. The van der Waals surface area contributed by atoms with Gasteiger partial charge in [0.15, 0.2) is 0 Å². The first-order chi connectivity index (χ1) is 10.2. The molecule has 21 heavy (non-hydrogen) atoms. The van der Waals surface area contributed by atoms with Crippen LogP contribution >= 0.6 is 0 Å². The average Bonchev–Trinajstić information content (AvgIpc) is 2.54. The van der Waals surface area contributed by atoms with Gasteiger partial charge < -0.3 is 0 Å². The van der Waals surface area contributed by atoms with Crippen molar-refractivity contribution in [2.75, 3.05) is 0 Å². The second-order valence-electron chi connectivity index (χ2n) is 4.80. The summed E-state index contributed by atoms with van der Waals surface area (Å²) in [7, 11) is 0. The van der Waals surface area contributed by atoms with Gasteiger partial charge in [0.25, 0.3) is 0 Å². The molecule has 0 fully saturated rings. The van der Waals surface area contributed by atoms with Gasteiger partial charge in [-0.25, -0.2) is 4.98 Å². The SMILES string of the molecule is O=C(Cc1ccccc1)C(=O)c1ccc2ccccc2n1. The molecule has 0 atom stereocenters. The summed E-state index contributed by atoms with van der Waals surface area (Å²) in [5, 5.41) is 0.949. The zero-order valence-corrected chi connectivity index (χ0v) is 11.3. The van der Waals surface area contributed by atoms with Crippen molar-refractivity contribution >= 4 is 22.5 Å². The van der Waals surface area contributed by atoms with Crippen LogP contribution < -0.4 is 0 Å². The van der Waals surface area contributed by atoms with Crippen molar-refractivity contribution in [2.45, 2.75) is 6.42 Å². The molecular formula is C18H13NO2. The van der Waals surface area contributed by atoms with Crippen molar-refractivity contribution in [1.82, 2.24) is 4.98 Å². The lowest BCUT2D eigenvalue weighted by Gasteiger charge is -2.02. The highest BCUT2D eigenvalue weighted by Crippen LogP contribution is 2.13. The molecule has 0 amide bonds. The number of aromatic nitrogens is 1. The number of hydrogen-bond acceptors (Lipinski definition) is 3. The van der Waals surface area contributed by atoms with Crippen LogP contribution in [0.15, 0.2) is 66.7 Å². The van der Waals surface area contributed by atoms with E-state index >= 15 is 0 Å². The van der Waals surface area contributed by atoms with Crippen molar-refractivity contribution in [3.8, 4) is 0 Å². The second-order valence-corrected chi connectivity index (χ2v) is 4.80. The third-order valence-corrected chi connectivity index (χ3v) is 3.29. The highest BCUT2D eigenvalue weighted by molar-refractivity contribution is 6.43. The molecule has 3 aromatic rings. The van der Waals surface area contributed by atoms with Crippen molar-refractivity contribution < 1.29 is 9.59 Å². The molecule has 0 saturated heterocycles. The Balaban J connectivity index is 1.84. The van der Waals surface area contributed by atoms with Gasteiger partial charge in [0.2, 0.25) is 11.6 Å². The predicted octanol–water partition coefficient (Wildman–Crippen LogP) is 3.23. The van der Waals surface area contributed by atoms with Gasteiger partial charge in [-0.1, -0.05) is 54.6 Å². The van der Waals surface area contributed by atoms with Crippen molar-refractivity contribution in [3.05, 3.63) is 78.0 Å². The van der Waals surface area contributed by atoms with Gasteiger partial charge in [-0.05, 0) is 17.7 Å². The highest BCUT2D eigenvalue weighted by atomic mass is 16.2. The summed E-state index contributed by atoms with van der Waals surface area (Å²) in [4.78, 5) is 28.5. The Morgan fingerprint density at radius 3 is 2.33 bits per heavy atom. The number of benzene rings is 2. The average molecular weight is 275 g/mol. The maximum atomic E-state index is 12.2. The van der Waals surface area contributed by atoms with Crippen LogP contribution in [0.3, 0.4) is 0 Å². The van der Waals surface area contributed by atoms with Gasteiger partial charge in [-0.2, -0.15) is 0 Å². The number of fused-ring (bicyclic) bond motifs is 1. The van der Waals surface area contributed by atoms with E-state index in [4.69, 9.17) is 0 Å². The molecule has 0 N–H and O–H groups in total. The van der Waals surface area contributed by atoms with Gasteiger partial charge in [0.05, 0.1) is 5.52 Å². The maximum Gasteiger partial charge on any atom is 0.247 e. The minimum Gasteiger partial charge on any atom is -0.290 e. The van der Waals surface area contributed by atoms with Crippen molar-refractivity contribution in [3.63, 3.8) is 0 Å². The number of rotatable bonds is 4. The smallest absolute Gasteiger partial charge is 0.247 e. The fraction of sp³-hybridized carbons (Fsp3) is 0.0556. The molecule has 0 bridgehead atoms. The minimum atomic E-state index is -0.537. The lowest BCUT2D eigenvalue weighted by molar-refractivity contribution is -0.114. The van der Waals surface area contributed by atoms with E-state index in [1.807, 2.05) is 60.7 Å². The molecule has 0 spiro atoms. The van der Waals surface area contributed by atoms with Gasteiger partial charge in [0, 0.05) is 11.8 Å². The zero-order chi connectivity index (χ0) is 14.7. The van der Waals surface area contributed by atoms with Crippen LogP contribution in [0.2, 0.25) is 0 Å². The number of ketones is 2. The van der Waals surface area contributed by atoms with Crippen LogP contribution in [0.4, 0.5) is 0 Å². The predicted molar refractivity (Wildman–Crippen MR) is 81.2 cm³/mol. The summed E-state index contributed by atoms with van der Waals surface area (Å²) < 4.78 is 0. The maximum absolute atomic E-state index is 12.2. The molecule has 0 aliphatic carbocycles. The van der Waals surface area contributed by atoms with Crippen LogP contribution in [-0.2, 0) is 11.2 Å². The van der Waals surface area contributed by atoms with E-state index in [9.17, 15) is 9.59 Å². The Bertz CT molecular complexity index is 810. The first kappa shape index (κ1) is 13.2. The zero-order valence-electron chi connectivity index (χ0n) is 11.3. The summed E-state index contributed by atoms with van der Waals surface area (Å²) in [6, 6.07) is 20.2.